The SMILES string of the molecule is COc1ccc2c3c([nH]c2c1)[C@H](CC(C)C)N1C(=O)[C@H](CCCCNC(=O)C(C)C)NC(=O)[C@@H]1C3. The third-order valence-electron chi connectivity index (χ3n) is 7.16. The van der Waals surface area contributed by atoms with E-state index in [9.17, 15) is 14.4 Å². The number of fused-ring (bicyclic) bond motifs is 4. The Labute approximate surface area is 207 Å². The van der Waals surface area contributed by atoms with Gasteiger partial charge in [-0.05, 0) is 49.3 Å². The van der Waals surface area contributed by atoms with Crippen LogP contribution in [0.3, 0.4) is 0 Å². The predicted molar refractivity (Wildman–Crippen MR) is 135 cm³/mol. The molecule has 2 aliphatic rings. The molecule has 3 amide bonds. The molecule has 0 radical (unpaired) electrons. The van der Waals surface area contributed by atoms with Crippen molar-refractivity contribution >= 4 is 28.6 Å². The van der Waals surface area contributed by atoms with Gasteiger partial charge in [-0.15, -0.1) is 0 Å². The van der Waals surface area contributed by atoms with Crippen LogP contribution in [0.2, 0.25) is 0 Å². The molecule has 1 saturated heterocycles. The Balaban J connectivity index is 1.54. The zero-order chi connectivity index (χ0) is 25.3. The van der Waals surface area contributed by atoms with Crippen LogP contribution in [0.1, 0.15) is 70.7 Å². The van der Waals surface area contributed by atoms with E-state index in [-0.39, 0.29) is 29.7 Å². The first-order chi connectivity index (χ1) is 16.7. The number of ether oxygens (including phenoxy) is 1. The van der Waals surface area contributed by atoms with E-state index in [2.05, 4.69) is 29.5 Å². The van der Waals surface area contributed by atoms with E-state index < -0.39 is 12.1 Å². The molecule has 1 aromatic carbocycles. The Morgan fingerprint density at radius 3 is 2.66 bits per heavy atom. The highest BCUT2D eigenvalue weighted by molar-refractivity contribution is 5.99. The molecule has 1 aromatic heterocycles. The molecule has 8 nitrogen and oxygen atoms in total. The lowest BCUT2D eigenvalue weighted by Crippen LogP contribution is -2.65. The molecule has 190 valence electrons. The van der Waals surface area contributed by atoms with Gasteiger partial charge in [0.2, 0.25) is 17.7 Å². The lowest BCUT2D eigenvalue weighted by Gasteiger charge is -2.47. The van der Waals surface area contributed by atoms with Gasteiger partial charge in [-0.25, -0.2) is 0 Å². The number of carbonyl (C=O) groups excluding carboxylic acids is 3. The molecule has 3 heterocycles. The summed E-state index contributed by atoms with van der Waals surface area (Å²) in [5.41, 5.74) is 3.13. The minimum Gasteiger partial charge on any atom is -0.497 e. The molecule has 1 fully saturated rings. The summed E-state index contributed by atoms with van der Waals surface area (Å²) < 4.78 is 5.40. The fraction of sp³-hybridized carbons (Fsp3) is 0.593. The first kappa shape index (κ1) is 25.1. The topological polar surface area (TPSA) is 104 Å². The Hall–Kier alpha value is -3.03. The number of methoxy groups -OCH3 is 1. The van der Waals surface area contributed by atoms with Crippen molar-refractivity contribution in [1.29, 1.82) is 0 Å². The maximum atomic E-state index is 13.7. The zero-order valence-electron chi connectivity index (χ0n) is 21.4. The predicted octanol–water partition coefficient (Wildman–Crippen LogP) is 3.46. The molecule has 8 heteroatoms. The maximum Gasteiger partial charge on any atom is 0.246 e. The first-order valence-electron chi connectivity index (χ1n) is 12.8. The maximum absolute atomic E-state index is 13.7. The molecule has 0 aliphatic carbocycles. The van der Waals surface area contributed by atoms with Gasteiger partial charge in [-0.3, -0.25) is 14.4 Å². The Morgan fingerprint density at radius 2 is 1.97 bits per heavy atom. The Morgan fingerprint density at radius 1 is 1.20 bits per heavy atom. The second kappa shape index (κ2) is 10.3. The number of benzene rings is 1. The van der Waals surface area contributed by atoms with Crippen molar-refractivity contribution in [2.75, 3.05) is 13.7 Å². The lowest BCUT2D eigenvalue weighted by atomic mass is 9.85. The van der Waals surface area contributed by atoms with Crippen molar-refractivity contribution in [3.05, 3.63) is 29.5 Å². The molecule has 2 aliphatic heterocycles. The molecule has 0 unspecified atom stereocenters. The number of aromatic amines is 1. The van der Waals surface area contributed by atoms with Gasteiger partial charge in [0.05, 0.1) is 13.2 Å². The van der Waals surface area contributed by atoms with Crippen LogP contribution in [-0.2, 0) is 20.8 Å². The van der Waals surface area contributed by atoms with E-state index in [1.807, 2.05) is 36.9 Å². The summed E-state index contributed by atoms with van der Waals surface area (Å²) in [4.78, 5) is 44.1. The second-order valence-corrected chi connectivity index (χ2v) is 10.5. The van der Waals surface area contributed by atoms with Crippen LogP contribution in [0.25, 0.3) is 10.9 Å². The number of piperazine rings is 1. The fourth-order valence-electron chi connectivity index (χ4n) is 5.33. The van der Waals surface area contributed by atoms with Gasteiger partial charge in [-0.1, -0.05) is 27.7 Å². The highest BCUT2D eigenvalue weighted by Crippen LogP contribution is 2.42. The summed E-state index contributed by atoms with van der Waals surface area (Å²) in [6.45, 7) is 8.60. The number of hydrogen-bond acceptors (Lipinski definition) is 4. The third kappa shape index (κ3) is 5.02. The minimum atomic E-state index is -0.528. The highest BCUT2D eigenvalue weighted by atomic mass is 16.5. The third-order valence-corrected chi connectivity index (χ3v) is 7.16. The summed E-state index contributed by atoms with van der Waals surface area (Å²) in [7, 11) is 1.65. The van der Waals surface area contributed by atoms with Gasteiger partial charge in [0.15, 0.2) is 0 Å². The quantitative estimate of drug-likeness (QED) is 0.476. The number of unbranched alkanes of at least 4 members (excludes halogenated alkanes) is 1. The molecule has 3 atom stereocenters. The second-order valence-electron chi connectivity index (χ2n) is 10.5. The van der Waals surface area contributed by atoms with Crippen LogP contribution in [0.5, 0.6) is 5.75 Å². The standard InChI is InChI=1S/C27H38N4O4/c1-15(2)12-22-24-19(18-10-9-17(35-5)13-21(18)29-24)14-23-26(33)30-20(27(34)31(22)23)8-6-7-11-28-25(32)16(3)4/h9-10,13,15-16,20,22-23,29H,6-8,11-12,14H2,1-5H3,(H,28,32)(H,30,33)/t20-,22-,23-/m0/s1. The summed E-state index contributed by atoms with van der Waals surface area (Å²) in [5.74, 6) is 1.03. The molecule has 0 spiro atoms. The van der Waals surface area contributed by atoms with E-state index in [1.165, 1.54) is 0 Å². The van der Waals surface area contributed by atoms with Crippen LogP contribution < -0.4 is 15.4 Å². The van der Waals surface area contributed by atoms with Gasteiger partial charge in [0.1, 0.15) is 17.8 Å². The van der Waals surface area contributed by atoms with Crippen molar-refractivity contribution < 1.29 is 19.1 Å². The van der Waals surface area contributed by atoms with Crippen molar-refractivity contribution in [2.45, 2.75) is 77.9 Å². The van der Waals surface area contributed by atoms with Crippen LogP contribution in [0.4, 0.5) is 0 Å². The normalized spacial score (nSPS) is 21.8. The molecule has 0 bridgehead atoms. The Bertz CT molecular complexity index is 1110. The molecule has 0 saturated carbocycles. The van der Waals surface area contributed by atoms with E-state index in [0.717, 1.165) is 47.2 Å². The average molecular weight is 483 g/mol. The van der Waals surface area contributed by atoms with Crippen LogP contribution in [0, 0.1) is 11.8 Å². The van der Waals surface area contributed by atoms with Crippen LogP contribution in [-0.4, -0.2) is 53.3 Å². The van der Waals surface area contributed by atoms with Gasteiger partial charge in [0, 0.05) is 41.5 Å². The van der Waals surface area contributed by atoms with Gasteiger partial charge < -0.3 is 25.3 Å². The van der Waals surface area contributed by atoms with E-state index >= 15 is 0 Å². The fourth-order valence-corrected chi connectivity index (χ4v) is 5.33. The largest absolute Gasteiger partial charge is 0.497 e. The summed E-state index contributed by atoms with van der Waals surface area (Å²) in [6, 6.07) is 4.75. The summed E-state index contributed by atoms with van der Waals surface area (Å²) in [6.07, 6.45) is 3.36. The van der Waals surface area contributed by atoms with Crippen molar-refractivity contribution in [3.63, 3.8) is 0 Å². The lowest BCUT2D eigenvalue weighted by molar-refractivity contribution is -0.154. The van der Waals surface area contributed by atoms with Crippen molar-refractivity contribution in [1.82, 2.24) is 20.5 Å². The van der Waals surface area contributed by atoms with Gasteiger partial charge in [0.25, 0.3) is 0 Å². The molecule has 4 rings (SSSR count). The number of hydrogen-bond donors (Lipinski definition) is 3. The first-order valence-corrected chi connectivity index (χ1v) is 12.8. The molecule has 35 heavy (non-hydrogen) atoms. The molecular formula is C27H38N4O4. The highest BCUT2D eigenvalue weighted by Gasteiger charge is 2.48. The Kier molecular flexibility index (Phi) is 7.38. The zero-order valence-corrected chi connectivity index (χ0v) is 21.4. The number of nitrogens with zero attached hydrogens (tertiary/aromatic N) is 1. The monoisotopic (exact) mass is 482 g/mol. The van der Waals surface area contributed by atoms with E-state index in [1.54, 1.807) is 7.11 Å². The summed E-state index contributed by atoms with van der Waals surface area (Å²) in [5, 5.41) is 6.99. The van der Waals surface area contributed by atoms with Gasteiger partial charge in [-0.2, -0.15) is 0 Å². The number of nitrogens with one attached hydrogen (secondary N) is 3. The number of rotatable bonds is 9. The number of amides is 3. The molecule has 2 aromatic rings. The van der Waals surface area contributed by atoms with E-state index in [0.29, 0.717) is 25.3 Å². The molecule has 3 N–H and O–H groups in total. The van der Waals surface area contributed by atoms with Crippen molar-refractivity contribution in [2.24, 2.45) is 11.8 Å². The van der Waals surface area contributed by atoms with Crippen LogP contribution in [0.15, 0.2) is 18.2 Å². The van der Waals surface area contributed by atoms with Gasteiger partial charge >= 0.3 is 0 Å². The number of carbonyl (C=O) groups is 3. The summed E-state index contributed by atoms with van der Waals surface area (Å²) >= 11 is 0. The minimum absolute atomic E-state index is 0.00615. The van der Waals surface area contributed by atoms with E-state index in [4.69, 9.17) is 4.74 Å². The smallest absolute Gasteiger partial charge is 0.246 e. The molecular weight excluding hydrogens is 444 g/mol. The van der Waals surface area contributed by atoms with Crippen molar-refractivity contribution in [3.8, 4) is 5.75 Å². The average Bonchev–Trinajstić information content (AvgIpc) is 3.18. The number of H-pyrrole nitrogens is 1. The van der Waals surface area contributed by atoms with Crippen LogP contribution >= 0.6 is 0 Å². The number of aromatic nitrogens is 1.